The van der Waals surface area contributed by atoms with Crippen molar-refractivity contribution in [3.8, 4) is 5.75 Å². The van der Waals surface area contributed by atoms with Crippen molar-refractivity contribution in [2.75, 3.05) is 31.0 Å². The first-order valence-electron chi connectivity index (χ1n) is 10.3. The molecule has 0 aliphatic carbocycles. The molecule has 1 atom stereocenters. The Labute approximate surface area is 189 Å². The van der Waals surface area contributed by atoms with Crippen LogP contribution in [0.3, 0.4) is 0 Å². The quantitative estimate of drug-likeness (QED) is 0.647. The van der Waals surface area contributed by atoms with Crippen molar-refractivity contribution in [3.05, 3.63) is 59.1 Å². The molecule has 9 heteroatoms. The number of anilines is 1. The molecule has 2 aromatic rings. The van der Waals surface area contributed by atoms with E-state index in [1.807, 2.05) is 12.1 Å². The smallest absolute Gasteiger partial charge is 0.304 e. The van der Waals surface area contributed by atoms with E-state index in [1.165, 1.54) is 8.61 Å². The molecule has 0 bridgehead atoms. The summed E-state index contributed by atoms with van der Waals surface area (Å²) in [5, 5.41) is 3.52. The Bertz CT molecular complexity index is 998. The number of piperidine rings is 1. The summed E-state index contributed by atoms with van der Waals surface area (Å²) >= 11 is 5.99. The number of nitrogens with zero attached hydrogens (tertiary/aromatic N) is 2. The van der Waals surface area contributed by atoms with E-state index in [9.17, 15) is 13.2 Å². The van der Waals surface area contributed by atoms with Crippen LogP contribution in [0.2, 0.25) is 5.02 Å². The van der Waals surface area contributed by atoms with Crippen LogP contribution in [0.4, 0.5) is 5.69 Å². The maximum absolute atomic E-state index is 13.3. The fourth-order valence-electron chi connectivity index (χ4n) is 3.71. The number of ether oxygens (including phenoxy) is 1. The number of halogens is 1. The summed E-state index contributed by atoms with van der Waals surface area (Å²) in [5.41, 5.74) is 1.47. The highest BCUT2D eigenvalue weighted by Crippen LogP contribution is 2.27. The number of rotatable bonds is 8. The minimum Gasteiger partial charge on any atom is -0.497 e. The molecular weight excluding hydrogens is 438 g/mol. The van der Waals surface area contributed by atoms with Crippen LogP contribution in [0.25, 0.3) is 0 Å². The van der Waals surface area contributed by atoms with Gasteiger partial charge in [-0.3, -0.25) is 9.10 Å². The number of nitrogens with one attached hydrogen (secondary N) is 1. The average molecular weight is 466 g/mol. The van der Waals surface area contributed by atoms with Crippen molar-refractivity contribution in [2.24, 2.45) is 5.92 Å². The number of methoxy groups -OCH3 is 1. The van der Waals surface area contributed by atoms with E-state index in [1.54, 1.807) is 50.4 Å². The van der Waals surface area contributed by atoms with Crippen molar-refractivity contribution in [3.63, 3.8) is 0 Å². The number of benzene rings is 2. The number of hydrogen-bond acceptors (Lipinski definition) is 4. The van der Waals surface area contributed by atoms with E-state index in [4.69, 9.17) is 16.3 Å². The van der Waals surface area contributed by atoms with Gasteiger partial charge in [-0.05, 0) is 61.7 Å². The van der Waals surface area contributed by atoms with Crippen LogP contribution in [0.5, 0.6) is 5.75 Å². The van der Waals surface area contributed by atoms with Crippen LogP contribution >= 0.6 is 11.6 Å². The normalized spacial score (nSPS) is 17.2. The highest BCUT2D eigenvalue weighted by Gasteiger charge is 2.35. The summed E-state index contributed by atoms with van der Waals surface area (Å²) < 4.78 is 34.6. The standard InChI is InChI=1S/C22H28ClN3O4S/c1-3-26(20-9-11-21(30-2)12-10-20)31(28,29)25-13-5-7-18(16-25)22(27)24-15-17-6-4-8-19(23)14-17/h4,6,8-12,14,18H,3,5,7,13,15-16H2,1-2H3,(H,24,27)/t18-/m0/s1. The van der Waals surface area contributed by atoms with Gasteiger partial charge in [0.15, 0.2) is 0 Å². The Hall–Kier alpha value is -2.29. The molecule has 1 N–H and O–H groups in total. The van der Waals surface area contributed by atoms with Gasteiger partial charge in [-0.25, -0.2) is 0 Å². The molecule has 1 aliphatic rings. The van der Waals surface area contributed by atoms with Crippen LogP contribution in [0, 0.1) is 5.92 Å². The minimum absolute atomic E-state index is 0.146. The summed E-state index contributed by atoms with van der Waals surface area (Å²) in [4.78, 5) is 12.7. The Balaban J connectivity index is 1.67. The van der Waals surface area contributed by atoms with Gasteiger partial charge in [-0.1, -0.05) is 23.7 Å². The average Bonchev–Trinajstić information content (AvgIpc) is 2.78. The molecule has 0 saturated carbocycles. The minimum atomic E-state index is -3.76. The summed E-state index contributed by atoms with van der Waals surface area (Å²) in [5.74, 6) is 0.122. The van der Waals surface area contributed by atoms with Gasteiger partial charge >= 0.3 is 10.2 Å². The molecule has 0 aromatic heterocycles. The monoisotopic (exact) mass is 465 g/mol. The summed E-state index contributed by atoms with van der Waals surface area (Å²) in [6.07, 6.45) is 1.29. The first-order valence-corrected chi connectivity index (χ1v) is 12.1. The Morgan fingerprint density at radius 3 is 2.65 bits per heavy atom. The molecule has 31 heavy (non-hydrogen) atoms. The van der Waals surface area contributed by atoms with Gasteiger partial charge in [0.05, 0.1) is 18.7 Å². The molecule has 2 aromatic carbocycles. The Kier molecular flexibility index (Phi) is 7.80. The summed E-state index contributed by atoms with van der Waals surface area (Å²) in [6, 6.07) is 14.2. The highest BCUT2D eigenvalue weighted by molar-refractivity contribution is 7.90. The highest BCUT2D eigenvalue weighted by atomic mass is 35.5. The topological polar surface area (TPSA) is 79.0 Å². The molecule has 1 heterocycles. The van der Waals surface area contributed by atoms with Crippen LogP contribution < -0.4 is 14.4 Å². The van der Waals surface area contributed by atoms with Crippen molar-refractivity contribution in [1.82, 2.24) is 9.62 Å². The zero-order valence-corrected chi connectivity index (χ0v) is 19.3. The molecule has 1 aliphatic heterocycles. The fraction of sp³-hybridized carbons (Fsp3) is 0.409. The van der Waals surface area contributed by atoms with E-state index >= 15 is 0 Å². The molecule has 3 rings (SSSR count). The zero-order valence-electron chi connectivity index (χ0n) is 17.8. The lowest BCUT2D eigenvalue weighted by molar-refractivity contribution is -0.126. The van der Waals surface area contributed by atoms with E-state index in [0.29, 0.717) is 42.4 Å². The Morgan fingerprint density at radius 1 is 1.26 bits per heavy atom. The van der Waals surface area contributed by atoms with Crippen LogP contribution in [0.1, 0.15) is 25.3 Å². The lowest BCUT2D eigenvalue weighted by Crippen LogP contribution is -2.50. The van der Waals surface area contributed by atoms with Crippen LogP contribution in [-0.4, -0.2) is 45.4 Å². The van der Waals surface area contributed by atoms with Crippen LogP contribution in [0.15, 0.2) is 48.5 Å². The molecule has 1 saturated heterocycles. The molecule has 1 fully saturated rings. The maximum atomic E-state index is 13.3. The predicted octanol–water partition coefficient (Wildman–Crippen LogP) is 3.45. The lowest BCUT2D eigenvalue weighted by atomic mass is 9.99. The van der Waals surface area contributed by atoms with Crippen molar-refractivity contribution in [1.29, 1.82) is 0 Å². The molecule has 0 unspecified atom stereocenters. The van der Waals surface area contributed by atoms with Gasteiger partial charge in [0.1, 0.15) is 5.75 Å². The maximum Gasteiger partial charge on any atom is 0.304 e. The molecule has 7 nitrogen and oxygen atoms in total. The number of amides is 1. The number of carbonyl (C=O) groups is 1. The van der Waals surface area contributed by atoms with Gasteiger partial charge < -0.3 is 10.1 Å². The van der Waals surface area contributed by atoms with Crippen molar-refractivity contribution >= 4 is 33.4 Å². The first-order chi connectivity index (χ1) is 14.8. The largest absolute Gasteiger partial charge is 0.497 e. The lowest BCUT2D eigenvalue weighted by Gasteiger charge is -2.35. The van der Waals surface area contributed by atoms with E-state index in [2.05, 4.69) is 5.32 Å². The van der Waals surface area contributed by atoms with Gasteiger partial charge in [0.2, 0.25) is 5.91 Å². The van der Waals surface area contributed by atoms with Crippen molar-refractivity contribution in [2.45, 2.75) is 26.3 Å². The second-order valence-corrected chi connectivity index (χ2v) is 9.70. The predicted molar refractivity (Wildman–Crippen MR) is 123 cm³/mol. The second-order valence-electron chi connectivity index (χ2n) is 7.42. The van der Waals surface area contributed by atoms with Gasteiger partial charge in [-0.15, -0.1) is 0 Å². The third-order valence-corrected chi connectivity index (χ3v) is 7.61. The molecule has 168 valence electrons. The first kappa shape index (κ1) is 23.4. The molecular formula is C22H28ClN3O4S. The van der Waals surface area contributed by atoms with Crippen LogP contribution in [-0.2, 0) is 21.5 Å². The Morgan fingerprint density at radius 2 is 2.00 bits per heavy atom. The van der Waals surface area contributed by atoms with Crippen molar-refractivity contribution < 1.29 is 17.9 Å². The SMILES string of the molecule is CCN(c1ccc(OC)cc1)S(=O)(=O)N1CCC[C@H](C(=O)NCc2cccc(Cl)c2)C1. The number of carbonyl (C=O) groups excluding carboxylic acids is 1. The molecule has 0 radical (unpaired) electrons. The summed E-state index contributed by atoms with van der Waals surface area (Å²) in [7, 11) is -2.19. The van der Waals surface area contributed by atoms with E-state index in [0.717, 1.165) is 5.56 Å². The zero-order chi connectivity index (χ0) is 22.4. The molecule has 1 amide bonds. The van der Waals surface area contributed by atoms with Gasteiger partial charge in [0.25, 0.3) is 0 Å². The third kappa shape index (κ3) is 5.70. The van der Waals surface area contributed by atoms with E-state index < -0.39 is 16.1 Å². The summed E-state index contributed by atoms with van der Waals surface area (Å²) in [6.45, 7) is 3.00. The van der Waals surface area contributed by atoms with E-state index in [-0.39, 0.29) is 19.0 Å². The van der Waals surface area contributed by atoms with Gasteiger partial charge in [0, 0.05) is 31.2 Å². The van der Waals surface area contributed by atoms with Gasteiger partial charge in [-0.2, -0.15) is 12.7 Å². The number of hydrogen-bond donors (Lipinski definition) is 1. The molecule has 0 spiro atoms. The third-order valence-electron chi connectivity index (χ3n) is 5.36. The second kappa shape index (κ2) is 10.3. The fourth-order valence-corrected chi connectivity index (χ4v) is 5.65.